The number of ether oxygens (including phenoxy) is 2. The quantitative estimate of drug-likeness (QED) is 0.379. The van der Waals surface area contributed by atoms with Crippen molar-refractivity contribution < 1.29 is 29.0 Å². The zero-order chi connectivity index (χ0) is 21.8. The molecule has 0 aliphatic carbocycles. The molecule has 0 saturated carbocycles. The lowest BCUT2D eigenvalue weighted by Crippen LogP contribution is -2.61. The van der Waals surface area contributed by atoms with Gasteiger partial charge in [-0.25, -0.2) is 14.6 Å². The molecular weight excluding hydrogens is 390 g/mol. The molecule has 2 aliphatic rings. The van der Waals surface area contributed by atoms with Crippen molar-refractivity contribution in [1.82, 2.24) is 9.88 Å². The number of rotatable bonds is 8. The fourth-order valence-corrected chi connectivity index (χ4v) is 3.64. The first-order valence-electron chi connectivity index (χ1n) is 9.42. The number of pyridine rings is 1. The zero-order valence-electron chi connectivity index (χ0n) is 16.5. The van der Waals surface area contributed by atoms with Gasteiger partial charge < -0.3 is 19.5 Å². The molecule has 2 N–H and O–H groups in total. The van der Waals surface area contributed by atoms with E-state index in [9.17, 15) is 19.5 Å². The van der Waals surface area contributed by atoms with Crippen molar-refractivity contribution in [1.29, 1.82) is 0 Å². The number of fused-ring (bicyclic) bond motifs is 1. The highest BCUT2D eigenvalue weighted by molar-refractivity contribution is 6.06. The molecule has 1 aromatic rings. The number of hydrogen-bond donors (Lipinski definition) is 2. The molecule has 0 aromatic carbocycles. The first-order chi connectivity index (χ1) is 14.4. The van der Waals surface area contributed by atoms with Crippen LogP contribution in [0.2, 0.25) is 0 Å². The molecule has 2 amide bonds. The van der Waals surface area contributed by atoms with E-state index in [-0.39, 0.29) is 36.7 Å². The van der Waals surface area contributed by atoms with Crippen molar-refractivity contribution >= 4 is 29.4 Å². The van der Waals surface area contributed by atoms with E-state index in [0.717, 1.165) is 0 Å². The number of nitrogens with one attached hydrogen (secondary N) is 1. The highest BCUT2D eigenvalue weighted by atomic mass is 16.5. The van der Waals surface area contributed by atoms with E-state index in [1.807, 2.05) is 0 Å². The molecule has 1 saturated heterocycles. The third kappa shape index (κ3) is 3.97. The Morgan fingerprint density at radius 3 is 2.63 bits per heavy atom. The van der Waals surface area contributed by atoms with Crippen molar-refractivity contribution in [2.45, 2.75) is 25.5 Å². The van der Waals surface area contributed by atoms with Crippen LogP contribution in [0, 0.1) is 5.92 Å². The SMILES string of the molecule is C=CCOC(=O)Nc1ccc(C2=C(C(=O)OCC=C)N3C(=O)[C@H]([C@@H](C)O)[C@H]3C2)cn1. The summed E-state index contributed by atoms with van der Waals surface area (Å²) in [5, 5.41) is 12.4. The van der Waals surface area contributed by atoms with Gasteiger partial charge in [0.15, 0.2) is 0 Å². The number of nitrogens with zero attached hydrogens (tertiary/aromatic N) is 2. The molecule has 0 spiro atoms. The van der Waals surface area contributed by atoms with Gasteiger partial charge in [-0.3, -0.25) is 10.1 Å². The van der Waals surface area contributed by atoms with Gasteiger partial charge in [0.1, 0.15) is 24.7 Å². The van der Waals surface area contributed by atoms with E-state index >= 15 is 0 Å². The van der Waals surface area contributed by atoms with Crippen LogP contribution in [0.25, 0.3) is 5.57 Å². The minimum absolute atomic E-state index is 0.00999. The van der Waals surface area contributed by atoms with Crippen molar-refractivity contribution in [3.63, 3.8) is 0 Å². The summed E-state index contributed by atoms with van der Waals surface area (Å²) in [6.07, 6.45) is 3.27. The molecule has 9 nitrogen and oxygen atoms in total. The smallest absolute Gasteiger partial charge is 0.413 e. The third-order valence-electron chi connectivity index (χ3n) is 4.93. The Balaban J connectivity index is 1.85. The second-order valence-electron chi connectivity index (χ2n) is 6.90. The number of carbonyl (C=O) groups is 3. The monoisotopic (exact) mass is 413 g/mol. The Labute approximate surface area is 173 Å². The number of hydrogen-bond acceptors (Lipinski definition) is 7. The van der Waals surface area contributed by atoms with Crippen LogP contribution in [0.5, 0.6) is 0 Å². The van der Waals surface area contributed by atoms with Gasteiger partial charge in [-0.2, -0.15) is 0 Å². The normalized spacial score (nSPS) is 20.7. The minimum atomic E-state index is -0.824. The van der Waals surface area contributed by atoms with Crippen molar-refractivity contribution in [2.75, 3.05) is 18.5 Å². The predicted molar refractivity (Wildman–Crippen MR) is 108 cm³/mol. The van der Waals surface area contributed by atoms with Crippen molar-refractivity contribution in [3.05, 3.63) is 54.9 Å². The van der Waals surface area contributed by atoms with Gasteiger partial charge in [-0.05, 0) is 36.6 Å². The lowest BCUT2D eigenvalue weighted by Gasteiger charge is -2.44. The molecule has 1 aromatic heterocycles. The molecule has 0 bridgehead atoms. The van der Waals surface area contributed by atoms with Crippen molar-refractivity contribution in [2.24, 2.45) is 5.92 Å². The summed E-state index contributed by atoms with van der Waals surface area (Å²) in [6.45, 7) is 8.62. The number of aromatic nitrogens is 1. The van der Waals surface area contributed by atoms with Gasteiger partial charge in [-0.15, -0.1) is 0 Å². The maximum absolute atomic E-state index is 12.6. The van der Waals surface area contributed by atoms with E-state index in [1.165, 1.54) is 23.2 Å². The fraction of sp³-hybridized carbons (Fsp3) is 0.333. The molecule has 30 heavy (non-hydrogen) atoms. The lowest BCUT2D eigenvalue weighted by molar-refractivity contribution is -0.162. The van der Waals surface area contributed by atoms with Gasteiger partial charge in [0.05, 0.1) is 18.1 Å². The Kier molecular flexibility index (Phi) is 6.31. The Hall–Kier alpha value is -3.46. The van der Waals surface area contributed by atoms with Gasteiger partial charge in [-0.1, -0.05) is 25.3 Å². The molecule has 0 radical (unpaired) electrons. The van der Waals surface area contributed by atoms with Crippen LogP contribution >= 0.6 is 0 Å². The average molecular weight is 413 g/mol. The second kappa shape index (κ2) is 8.91. The van der Waals surface area contributed by atoms with E-state index in [2.05, 4.69) is 23.5 Å². The van der Waals surface area contributed by atoms with Gasteiger partial charge in [0, 0.05) is 6.20 Å². The number of esters is 1. The van der Waals surface area contributed by atoms with Gasteiger partial charge in [0.25, 0.3) is 0 Å². The molecular formula is C21H23N3O6. The van der Waals surface area contributed by atoms with Crippen LogP contribution in [-0.2, 0) is 19.1 Å². The molecule has 3 atom stereocenters. The van der Waals surface area contributed by atoms with Gasteiger partial charge >= 0.3 is 12.1 Å². The highest BCUT2D eigenvalue weighted by Crippen LogP contribution is 2.47. The Bertz CT molecular complexity index is 906. The summed E-state index contributed by atoms with van der Waals surface area (Å²) in [6, 6.07) is 2.93. The summed E-state index contributed by atoms with van der Waals surface area (Å²) >= 11 is 0. The van der Waals surface area contributed by atoms with E-state index in [0.29, 0.717) is 17.6 Å². The van der Waals surface area contributed by atoms with Crippen LogP contribution < -0.4 is 5.32 Å². The molecule has 2 aliphatic heterocycles. The molecule has 1 fully saturated rings. The van der Waals surface area contributed by atoms with Crippen LogP contribution in [0.1, 0.15) is 18.9 Å². The third-order valence-corrected chi connectivity index (χ3v) is 4.93. The largest absolute Gasteiger partial charge is 0.457 e. The number of aliphatic hydroxyl groups is 1. The molecule has 158 valence electrons. The summed E-state index contributed by atoms with van der Waals surface area (Å²) in [4.78, 5) is 42.3. The lowest BCUT2D eigenvalue weighted by atomic mass is 9.82. The number of carbonyl (C=O) groups excluding carboxylic acids is 3. The summed E-state index contributed by atoms with van der Waals surface area (Å²) < 4.78 is 10.0. The number of aliphatic hydroxyl groups excluding tert-OH is 1. The first-order valence-corrected chi connectivity index (χ1v) is 9.42. The van der Waals surface area contributed by atoms with Crippen LogP contribution in [0.3, 0.4) is 0 Å². The zero-order valence-corrected chi connectivity index (χ0v) is 16.5. The Morgan fingerprint density at radius 2 is 2.03 bits per heavy atom. The standard InChI is InChI=1S/C21H23N3O6/c1-4-8-29-20(27)18-14(10-15-17(12(3)25)19(26)24(15)18)13-6-7-16(22-11-13)23-21(28)30-9-5-2/h4-7,11-12,15,17,25H,1-2,8-10H2,3H3,(H,22,23,28)/t12-,15-,17-/m1/s1. The highest BCUT2D eigenvalue weighted by Gasteiger charge is 2.57. The Morgan fingerprint density at radius 1 is 1.33 bits per heavy atom. The van der Waals surface area contributed by atoms with E-state index < -0.39 is 24.1 Å². The fourth-order valence-electron chi connectivity index (χ4n) is 3.64. The van der Waals surface area contributed by atoms with E-state index in [4.69, 9.17) is 9.47 Å². The summed E-state index contributed by atoms with van der Waals surface area (Å²) in [5.74, 6) is -1.26. The second-order valence-corrected chi connectivity index (χ2v) is 6.90. The van der Waals surface area contributed by atoms with Crippen LogP contribution in [0.15, 0.2) is 49.3 Å². The molecule has 0 unspecified atom stereocenters. The maximum Gasteiger partial charge on any atom is 0.413 e. The average Bonchev–Trinajstić information content (AvgIpc) is 3.05. The number of amides is 2. The molecule has 3 heterocycles. The van der Waals surface area contributed by atoms with Crippen LogP contribution in [-0.4, -0.2) is 58.3 Å². The molecule has 3 rings (SSSR count). The van der Waals surface area contributed by atoms with Gasteiger partial charge in [0.2, 0.25) is 5.91 Å². The summed E-state index contributed by atoms with van der Waals surface area (Å²) in [7, 11) is 0. The minimum Gasteiger partial charge on any atom is -0.457 e. The summed E-state index contributed by atoms with van der Waals surface area (Å²) in [5.41, 5.74) is 1.35. The van der Waals surface area contributed by atoms with Crippen molar-refractivity contribution in [3.8, 4) is 0 Å². The topological polar surface area (TPSA) is 118 Å². The predicted octanol–water partition coefficient (Wildman–Crippen LogP) is 1.87. The molecule has 9 heteroatoms. The van der Waals surface area contributed by atoms with E-state index in [1.54, 1.807) is 19.1 Å². The first kappa shape index (κ1) is 21.3. The van der Waals surface area contributed by atoms with Crippen LogP contribution in [0.4, 0.5) is 10.6 Å². The number of β-lactam (4-membered cyclic amide) rings is 1. The number of anilines is 1. The maximum atomic E-state index is 12.6.